The highest BCUT2D eigenvalue weighted by Crippen LogP contribution is 2.22. The third-order valence-corrected chi connectivity index (χ3v) is 4.22. The molecule has 0 spiro atoms. The van der Waals surface area contributed by atoms with Gasteiger partial charge in [0.15, 0.2) is 0 Å². The number of ether oxygens (including phenoxy) is 2. The van der Waals surface area contributed by atoms with E-state index in [0.717, 1.165) is 44.1 Å². The fourth-order valence-corrected chi connectivity index (χ4v) is 3.03. The van der Waals surface area contributed by atoms with E-state index < -0.39 is 5.60 Å². The molecule has 23 heavy (non-hydrogen) atoms. The lowest BCUT2D eigenvalue weighted by atomic mass is 10.1. The molecule has 2 aliphatic rings. The SMILES string of the molecule is CC(C)(C)OC(=O)N1CCC[C@H]1COC(=O)C1=CCCCCC1. The maximum absolute atomic E-state index is 12.2. The van der Waals surface area contributed by atoms with E-state index in [-0.39, 0.29) is 24.7 Å². The van der Waals surface area contributed by atoms with Crippen LogP contribution in [-0.2, 0) is 14.3 Å². The number of nitrogens with zero attached hydrogens (tertiary/aromatic N) is 1. The molecule has 0 bridgehead atoms. The van der Waals surface area contributed by atoms with Gasteiger partial charge in [-0.2, -0.15) is 0 Å². The lowest BCUT2D eigenvalue weighted by Crippen LogP contribution is -2.42. The Kier molecular flexibility index (Phi) is 6.08. The highest BCUT2D eigenvalue weighted by Gasteiger charge is 2.33. The van der Waals surface area contributed by atoms with Crippen molar-refractivity contribution in [2.75, 3.05) is 13.2 Å². The lowest BCUT2D eigenvalue weighted by molar-refractivity contribution is -0.140. The molecule has 1 saturated heterocycles. The van der Waals surface area contributed by atoms with Crippen LogP contribution in [0.5, 0.6) is 0 Å². The first-order valence-electron chi connectivity index (χ1n) is 8.72. The Balaban J connectivity index is 1.85. The van der Waals surface area contributed by atoms with Gasteiger partial charge < -0.3 is 14.4 Å². The molecule has 0 aromatic heterocycles. The largest absolute Gasteiger partial charge is 0.460 e. The lowest BCUT2D eigenvalue weighted by Gasteiger charge is -2.28. The molecule has 0 saturated carbocycles. The Hall–Kier alpha value is -1.52. The van der Waals surface area contributed by atoms with Crippen molar-refractivity contribution < 1.29 is 19.1 Å². The molecular formula is C18H29NO4. The number of hydrogen-bond acceptors (Lipinski definition) is 4. The number of carbonyl (C=O) groups excluding carboxylic acids is 2. The summed E-state index contributed by atoms with van der Waals surface area (Å²) in [6.45, 7) is 6.49. The van der Waals surface area contributed by atoms with E-state index in [1.165, 1.54) is 6.42 Å². The van der Waals surface area contributed by atoms with E-state index in [4.69, 9.17) is 9.47 Å². The molecular weight excluding hydrogens is 294 g/mol. The number of amides is 1. The van der Waals surface area contributed by atoms with Gasteiger partial charge in [0.1, 0.15) is 12.2 Å². The van der Waals surface area contributed by atoms with Crippen molar-refractivity contribution in [1.82, 2.24) is 4.90 Å². The molecule has 1 aliphatic heterocycles. The monoisotopic (exact) mass is 323 g/mol. The summed E-state index contributed by atoms with van der Waals surface area (Å²) in [7, 11) is 0. The molecule has 5 nitrogen and oxygen atoms in total. The summed E-state index contributed by atoms with van der Waals surface area (Å²) in [6.07, 6.45) is 8.59. The zero-order valence-corrected chi connectivity index (χ0v) is 14.6. The number of likely N-dealkylation sites (tertiary alicyclic amines) is 1. The van der Waals surface area contributed by atoms with Gasteiger partial charge in [0.2, 0.25) is 0 Å². The van der Waals surface area contributed by atoms with Gasteiger partial charge in [0.05, 0.1) is 6.04 Å². The van der Waals surface area contributed by atoms with E-state index in [1.807, 2.05) is 26.8 Å². The Labute approximate surface area is 139 Å². The van der Waals surface area contributed by atoms with Gasteiger partial charge in [-0.15, -0.1) is 0 Å². The minimum atomic E-state index is -0.508. The van der Waals surface area contributed by atoms with Crippen molar-refractivity contribution in [3.8, 4) is 0 Å². The second-order valence-corrected chi connectivity index (χ2v) is 7.40. The fraction of sp³-hybridized carbons (Fsp3) is 0.778. The molecule has 2 rings (SSSR count). The van der Waals surface area contributed by atoms with Gasteiger partial charge in [-0.3, -0.25) is 0 Å². The fourth-order valence-electron chi connectivity index (χ4n) is 3.03. The topological polar surface area (TPSA) is 55.8 Å². The van der Waals surface area contributed by atoms with Crippen LogP contribution in [0.2, 0.25) is 0 Å². The maximum Gasteiger partial charge on any atom is 0.410 e. The predicted molar refractivity (Wildman–Crippen MR) is 88.1 cm³/mol. The molecule has 1 amide bonds. The normalized spacial score (nSPS) is 22.3. The van der Waals surface area contributed by atoms with Crippen molar-refractivity contribution in [3.63, 3.8) is 0 Å². The number of hydrogen-bond donors (Lipinski definition) is 0. The molecule has 0 unspecified atom stereocenters. The summed E-state index contributed by atoms with van der Waals surface area (Å²) in [5.74, 6) is -0.220. The molecule has 1 fully saturated rings. The smallest absolute Gasteiger partial charge is 0.410 e. The Morgan fingerprint density at radius 3 is 2.74 bits per heavy atom. The number of rotatable bonds is 3. The number of allylic oxidation sites excluding steroid dienone is 1. The van der Waals surface area contributed by atoms with Crippen LogP contribution in [0, 0.1) is 0 Å². The van der Waals surface area contributed by atoms with Crippen molar-refractivity contribution in [2.45, 2.75) is 77.4 Å². The molecule has 1 heterocycles. The Bertz CT molecular complexity index is 464. The number of carbonyl (C=O) groups is 2. The van der Waals surface area contributed by atoms with Crippen LogP contribution in [0.3, 0.4) is 0 Å². The first kappa shape index (κ1) is 17.8. The van der Waals surface area contributed by atoms with E-state index in [0.29, 0.717) is 6.54 Å². The molecule has 1 aliphatic carbocycles. The molecule has 0 radical (unpaired) electrons. The third-order valence-electron chi connectivity index (χ3n) is 4.22. The summed E-state index contributed by atoms with van der Waals surface area (Å²) in [5, 5.41) is 0. The minimum absolute atomic E-state index is 0.0693. The van der Waals surface area contributed by atoms with Crippen molar-refractivity contribution in [1.29, 1.82) is 0 Å². The van der Waals surface area contributed by atoms with Crippen LogP contribution >= 0.6 is 0 Å². The van der Waals surface area contributed by atoms with Gasteiger partial charge >= 0.3 is 12.1 Å². The molecule has 0 aromatic carbocycles. The molecule has 0 aromatic rings. The highest BCUT2D eigenvalue weighted by atomic mass is 16.6. The zero-order valence-electron chi connectivity index (χ0n) is 14.6. The summed E-state index contributed by atoms with van der Waals surface area (Å²) in [5.41, 5.74) is 0.288. The van der Waals surface area contributed by atoms with Crippen LogP contribution in [0.4, 0.5) is 4.79 Å². The van der Waals surface area contributed by atoms with Gasteiger partial charge in [-0.25, -0.2) is 9.59 Å². The van der Waals surface area contributed by atoms with Gasteiger partial charge in [-0.05, 0) is 59.3 Å². The Morgan fingerprint density at radius 2 is 2.00 bits per heavy atom. The molecule has 0 N–H and O–H groups in total. The number of esters is 1. The zero-order chi connectivity index (χ0) is 16.9. The van der Waals surface area contributed by atoms with Crippen LogP contribution < -0.4 is 0 Å². The van der Waals surface area contributed by atoms with E-state index in [2.05, 4.69) is 0 Å². The predicted octanol–water partition coefficient (Wildman–Crippen LogP) is 3.82. The third kappa shape index (κ3) is 5.56. The van der Waals surface area contributed by atoms with Gasteiger partial charge in [-0.1, -0.05) is 12.5 Å². The Morgan fingerprint density at radius 1 is 1.22 bits per heavy atom. The minimum Gasteiger partial charge on any atom is -0.460 e. The summed E-state index contributed by atoms with van der Waals surface area (Å²) in [6, 6.07) is -0.0693. The first-order chi connectivity index (χ1) is 10.9. The molecule has 5 heteroatoms. The summed E-state index contributed by atoms with van der Waals surface area (Å²) < 4.78 is 10.9. The van der Waals surface area contributed by atoms with E-state index in [9.17, 15) is 9.59 Å². The van der Waals surface area contributed by atoms with Crippen molar-refractivity contribution in [2.24, 2.45) is 0 Å². The maximum atomic E-state index is 12.2. The van der Waals surface area contributed by atoms with Gasteiger partial charge in [0, 0.05) is 12.1 Å². The second-order valence-electron chi connectivity index (χ2n) is 7.40. The molecule has 1 atom stereocenters. The average molecular weight is 323 g/mol. The molecule has 130 valence electrons. The first-order valence-corrected chi connectivity index (χ1v) is 8.72. The summed E-state index contributed by atoms with van der Waals surface area (Å²) in [4.78, 5) is 26.1. The standard InChI is InChI=1S/C18H29NO4/c1-18(2,3)23-17(21)19-12-8-11-15(19)13-22-16(20)14-9-6-4-5-7-10-14/h9,15H,4-8,10-13H2,1-3H3/t15-/m0/s1. The highest BCUT2D eigenvalue weighted by molar-refractivity contribution is 5.88. The van der Waals surface area contributed by atoms with Crippen LogP contribution in [-0.4, -0.2) is 41.8 Å². The average Bonchev–Trinajstić information content (AvgIpc) is 2.76. The second kappa shape index (κ2) is 7.84. The summed E-state index contributed by atoms with van der Waals surface area (Å²) >= 11 is 0. The van der Waals surface area contributed by atoms with Crippen LogP contribution in [0.1, 0.15) is 65.7 Å². The van der Waals surface area contributed by atoms with Crippen LogP contribution in [0.25, 0.3) is 0 Å². The van der Waals surface area contributed by atoms with Gasteiger partial charge in [0.25, 0.3) is 0 Å². The quantitative estimate of drug-likeness (QED) is 0.741. The van der Waals surface area contributed by atoms with E-state index in [1.54, 1.807) is 4.90 Å². The van der Waals surface area contributed by atoms with Crippen molar-refractivity contribution in [3.05, 3.63) is 11.6 Å². The van der Waals surface area contributed by atoms with Crippen LogP contribution in [0.15, 0.2) is 11.6 Å². The van der Waals surface area contributed by atoms with Crippen molar-refractivity contribution >= 4 is 12.1 Å². The van der Waals surface area contributed by atoms with E-state index >= 15 is 0 Å².